The summed E-state index contributed by atoms with van der Waals surface area (Å²) in [4.78, 5) is 11.1. The molecular weight excluding hydrogens is 393 g/mol. The van der Waals surface area contributed by atoms with Crippen LogP contribution in [0.5, 0.6) is 5.75 Å². The highest BCUT2D eigenvalue weighted by atomic mass is 35.5. The summed E-state index contributed by atoms with van der Waals surface area (Å²) in [7, 11) is -4.92. The highest BCUT2D eigenvalue weighted by Crippen LogP contribution is 2.28. The summed E-state index contributed by atoms with van der Waals surface area (Å²) < 4.78 is 67.9. The number of carbonyl (C=O) groups is 1. The second-order valence-corrected chi connectivity index (χ2v) is 7.90. The lowest BCUT2D eigenvalue weighted by Crippen LogP contribution is -2.16. The molecule has 0 unspecified atom stereocenters. The predicted octanol–water partition coefficient (Wildman–Crippen LogP) is 4.57. The normalized spacial score (nSPS) is 18.5. The molecule has 1 aromatic rings. The van der Waals surface area contributed by atoms with Crippen LogP contribution < -0.4 is 4.74 Å². The highest BCUT2D eigenvalue weighted by Gasteiger charge is 2.30. The number of sulfone groups is 1. The van der Waals surface area contributed by atoms with Gasteiger partial charge in [0.25, 0.3) is 0 Å². The van der Waals surface area contributed by atoms with Crippen LogP contribution in [0.25, 0.3) is 0 Å². The number of carbonyl (C=O) groups excluding carboxylic acids is 1. The van der Waals surface area contributed by atoms with Gasteiger partial charge in [-0.2, -0.15) is 8.78 Å². The topological polar surface area (TPSA) is 60.4 Å². The average Bonchev–Trinajstić information content (AvgIpc) is 2.59. The number of allylic oxidation sites excluding steroid dienone is 4. The fourth-order valence-electron chi connectivity index (χ4n) is 2.17. The summed E-state index contributed by atoms with van der Waals surface area (Å²) in [6, 6.07) is 3.42. The molecule has 0 saturated heterocycles. The Kier molecular flexibility index (Phi) is 6.30. The Hall–Kier alpha value is -2.06. The molecule has 26 heavy (non-hydrogen) atoms. The molecule has 0 radical (unpaired) electrons. The smallest absolute Gasteiger partial charge is 0.340 e. The molecule has 1 aliphatic rings. The van der Waals surface area contributed by atoms with Crippen molar-refractivity contribution in [1.29, 1.82) is 0 Å². The number of Topliss-reactive ketones (excluding diaryl/α,β-unsaturated/α-hetero) is 1. The largest absolute Gasteiger partial charge is 0.457 e. The van der Waals surface area contributed by atoms with Crippen molar-refractivity contribution in [2.24, 2.45) is 0 Å². The van der Waals surface area contributed by atoms with Crippen molar-refractivity contribution in [3.63, 3.8) is 0 Å². The van der Waals surface area contributed by atoms with E-state index in [0.717, 1.165) is 24.3 Å². The van der Waals surface area contributed by atoms with Gasteiger partial charge in [0.1, 0.15) is 23.1 Å². The first kappa shape index (κ1) is 20.3. The number of ketones is 1. The number of halogens is 4. The van der Waals surface area contributed by atoms with Gasteiger partial charge in [-0.3, -0.25) is 4.79 Å². The van der Waals surface area contributed by atoms with Crippen molar-refractivity contribution in [3.05, 3.63) is 64.0 Å². The third kappa shape index (κ3) is 4.98. The van der Waals surface area contributed by atoms with Crippen molar-refractivity contribution in [2.45, 2.75) is 25.0 Å². The first-order valence-corrected chi connectivity index (χ1v) is 9.28. The van der Waals surface area contributed by atoms with E-state index in [-0.39, 0.29) is 29.4 Å². The molecule has 0 N–H and O–H groups in total. The van der Waals surface area contributed by atoms with Gasteiger partial charge in [0.05, 0.1) is 4.91 Å². The van der Waals surface area contributed by atoms with Crippen LogP contribution in [-0.2, 0) is 14.6 Å². The molecule has 0 amide bonds. The molecule has 0 aliphatic heterocycles. The van der Waals surface area contributed by atoms with E-state index in [1.165, 1.54) is 6.07 Å². The van der Waals surface area contributed by atoms with E-state index in [1.807, 2.05) is 0 Å². The Labute approximate surface area is 153 Å². The molecule has 0 atom stereocenters. The molecular formula is C17H14ClF3O4S. The Morgan fingerprint density at radius 3 is 2.46 bits per heavy atom. The van der Waals surface area contributed by atoms with Gasteiger partial charge in [-0.1, -0.05) is 18.2 Å². The van der Waals surface area contributed by atoms with Crippen molar-refractivity contribution in [1.82, 2.24) is 0 Å². The van der Waals surface area contributed by atoms with Gasteiger partial charge in [0.2, 0.25) is 9.84 Å². The van der Waals surface area contributed by atoms with Crippen molar-refractivity contribution in [2.75, 3.05) is 0 Å². The third-order valence-corrected chi connectivity index (χ3v) is 5.21. The molecule has 2 rings (SSSR count). The monoisotopic (exact) mass is 406 g/mol. The lowest BCUT2D eigenvalue weighted by molar-refractivity contribution is -0.118. The number of ether oxygens (including phenoxy) is 1. The third-order valence-electron chi connectivity index (χ3n) is 3.51. The summed E-state index contributed by atoms with van der Waals surface area (Å²) in [5.74, 6) is -4.80. The summed E-state index contributed by atoms with van der Waals surface area (Å²) in [5, 5.41) is 0.0703. The summed E-state index contributed by atoms with van der Waals surface area (Å²) in [6.45, 7) is 3.74. The van der Waals surface area contributed by atoms with Gasteiger partial charge in [-0.15, -0.1) is 0 Å². The quantitative estimate of drug-likeness (QED) is 0.734. The number of hydrogen-bond acceptors (Lipinski definition) is 4. The number of alkyl halides is 2. The lowest BCUT2D eigenvalue weighted by Gasteiger charge is -2.12. The van der Waals surface area contributed by atoms with Crippen molar-refractivity contribution < 1.29 is 31.1 Å². The average molecular weight is 407 g/mol. The molecule has 0 saturated carbocycles. The highest BCUT2D eigenvalue weighted by molar-refractivity contribution is 7.95. The standard InChI is InChI=1S/C17H14ClF3O4S/c1-10-2-3-13(22)9-15(26(23,24)17(20)21)4-5-16(10)25-14-7-11(18)6-12(19)8-14/h4-8,17H,1-3,9H2/b15-4+,16-5?. The second kappa shape index (κ2) is 8.09. The van der Waals surface area contributed by atoms with Crippen LogP contribution in [-0.4, -0.2) is 20.0 Å². The molecule has 0 fully saturated rings. The summed E-state index contributed by atoms with van der Waals surface area (Å²) in [6.07, 6.45) is 1.39. The minimum absolute atomic E-state index is 0.0136. The van der Waals surface area contributed by atoms with Crippen molar-refractivity contribution >= 4 is 27.2 Å². The Morgan fingerprint density at radius 2 is 1.85 bits per heavy atom. The molecule has 9 heteroatoms. The van der Waals surface area contributed by atoms with Crippen LogP contribution in [0.2, 0.25) is 5.02 Å². The molecule has 4 nitrogen and oxygen atoms in total. The lowest BCUT2D eigenvalue weighted by atomic mass is 10.1. The van der Waals surface area contributed by atoms with E-state index in [0.29, 0.717) is 5.57 Å². The minimum Gasteiger partial charge on any atom is -0.457 e. The molecule has 1 aromatic carbocycles. The maximum Gasteiger partial charge on any atom is 0.340 e. The van der Waals surface area contributed by atoms with Gasteiger partial charge >= 0.3 is 5.76 Å². The maximum atomic E-state index is 13.4. The number of rotatable bonds is 4. The Bertz CT molecular complexity index is 884. The van der Waals surface area contributed by atoms with Gasteiger partial charge in [-0.05, 0) is 36.3 Å². The minimum atomic E-state index is -4.92. The molecule has 1 aliphatic carbocycles. The number of hydrogen-bond donors (Lipinski definition) is 0. The zero-order valence-corrected chi connectivity index (χ0v) is 14.9. The van der Waals surface area contributed by atoms with Gasteiger partial charge in [-0.25, -0.2) is 12.8 Å². The van der Waals surface area contributed by atoms with Crippen LogP contribution in [0.1, 0.15) is 19.3 Å². The molecule has 0 heterocycles. The second-order valence-electron chi connectivity index (χ2n) is 5.50. The van der Waals surface area contributed by atoms with Gasteiger partial charge in [0.15, 0.2) is 0 Å². The molecule has 0 aromatic heterocycles. The first-order chi connectivity index (χ1) is 12.1. The summed E-state index contributed by atoms with van der Waals surface area (Å²) in [5.41, 5.74) is 0.325. The van der Waals surface area contributed by atoms with Gasteiger partial charge in [0, 0.05) is 23.9 Å². The molecule has 0 spiro atoms. The zero-order chi connectivity index (χ0) is 19.5. The first-order valence-electron chi connectivity index (χ1n) is 7.36. The zero-order valence-electron chi connectivity index (χ0n) is 13.3. The fourth-order valence-corrected chi connectivity index (χ4v) is 3.23. The van der Waals surface area contributed by atoms with E-state index in [1.54, 1.807) is 0 Å². The van der Waals surface area contributed by atoms with E-state index in [9.17, 15) is 26.4 Å². The summed E-state index contributed by atoms with van der Waals surface area (Å²) >= 11 is 5.74. The van der Waals surface area contributed by atoms with Crippen LogP contribution >= 0.6 is 11.6 Å². The SMILES string of the molecule is C=C1CCC(=O)C/C(S(=O)(=O)C(F)F)=C\C=C1Oc1cc(F)cc(Cl)c1. The van der Waals surface area contributed by atoms with E-state index < -0.39 is 38.5 Å². The Morgan fingerprint density at radius 1 is 1.15 bits per heavy atom. The van der Waals surface area contributed by atoms with Gasteiger partial charge < -0.3 is 4.74 Å². The predicted molar refractivity (Wildman–Crippen MR) is 91.1 cm³/mol. The molecule has 140 valence electrons. The Balaban J connectivity index is 2.45. The van der Waals surface area contributed by atoms with E-state index in [2.05, 4.69) is 6.58 Å². The van der Waals surface area contributed by atoms with Crippen LogP contribution in [0.3, 0.4) is 0 Å². The van der Waals surface area contributed by atoms with Crippen molar-refractivity contribution in [3.8, 4) is 5.75 Å². The van der Waals surface area contributed by atoms with Crippen LogP contribution in [0.15, 0.2) is 53.2 Å². The van der Waals surface area contributed by atoms with E-state index >= 15 is 0 Å². The fraction of sp³-hybridized carbons (Fsp3) is 0.235. The molecule has 0 bridgehead atoms. The van der Waals surface area contributed by atoms with Crippen LogP contribution in [0, 0.1) is 5.82 Å². The number of benzene rings is 1. The van der Waals surface area contributed by atoms with Crippen LogP contribution in [0.4, 0.5) is 13.2 Å². The van der Waals surface area contributed by atoms with E-state index in [4.69, 9.17) is 16.3 Å². The maximum absolute atomic E-state index is 13.4.